The number of fused-ring (bicyclic) bond motifs is 1. The van der Waals surface area contributed by atoms with Crippen LogP contribution in [0.15, 0.2) is 29.0 Å². The van der Waals surface area contributed by atoms with Crippen molar-refractivity contribution in [3.05, 3.63) is 35.2 Å². The predicted molar refractivity (Wildman–Crippen MR) is 54.7 cm³/mol. The van der Waals surface area contributed by atoms with Gasteiger partial charge in [0.1, 0.15) is 5.03 Å². The van der Waals surface area contributed by atoms with Gasteiger partial charge in [-0.25, -0.2) is 4.98 Å². The molecule has 0 spiro atoms. The molecule has 4 heteroatoms. The van der Waals surface area contributed by atoms with E-state index in [1.54, 1.807) is 12.1 Å². The van der Waals surface area contributed by atoms with Crippen molar-refractivity contribution in [3.8, 4) is 0 Å². The number of carbonyl (C=O) groups is 1. The van der Waals surface area contributed by atoms with Gasteiger partial charge in [0, 0.05) is 17.0 Å². The van der Waals surface area contributed by atoms with Crippen LogP contribution in [0.25, 0.3) is 0 Å². The zero-order valence-electron chi connectivity index (χ0n) is 7.65. The molecule has 2 heterocycles. The first-order valence-electron chi connectivity index (χ1n) is 4.21. The molecule has 1 aliphatic rings. The van der Waals surface area contributed by atoms with E-state index >= 15 is 0 Å². The Kier molecular flexibility index (Phi) is 2.29. The van der Waals surface area contributed by atoms with Crippen molar-refractivity contribution in [3.63, 3.8) is 0 Å². The molecule has 1 aromatic rings. The fourth-order valence-corrected chi connectivity index (χ4v) is 2.32. The van der Waals surface area contributed by atoms with E-state index in [1.807, 2.05) is 6.92 Å². The summed E-state index contributed by atoms with van der Waals surface area (Å²) < 4.78 is 0. The van der Waals surface area contributed by atoms with Crippen LogP contribution in [-0.2, 0) is 0 Å². The molecule has 0 saturated carbocycles. The molecule has 1 aliphatic heterocycles. The van der Waals surface area contributed by atoms with Gasteiger partial charge < -0.3 is 5.11 Å². The summed E-state index contributed by atoms with van der Waals surface area (Å²) in [4.78, 5) is 15.9. The lowest BCUT2D eigenvalue weighted by molar-refractivity contribution is 0.102. The van der Waals surface area contributed by atoms with E-state index in [9.17, 15) is 4.79 Å². The highest BCUT2D eigenvalue weighted by atomic mass is 32.2. The number of carbonyl (C=O) groups excluding carboxylic acids is 1. The molecule has 0 saturated heterocycles. The number of nitrogens with zero attached hydrogens (tertiary/aromatic N) is 1. The Hall–Kier alpha value is -1.29. The molecule has 0 aromatic carbocycles. The highest BCUT2D eigenvalue weighted by molar-refractivity contribution is 7.99. The van der Waals surface area contributed by atoms with Gasteiger partial charge in [0.2, 0.25) is 0 Å². The highest BCUT2D eigenvalue weighted by Gasteiger charge is 2.23. The molecule has 0 aliphatic carbocycles. The summed E-state index contributed by atoms with van der Waals surface area (Å²) in [7, 11) is 0. The first kappa shape index (κ1) is 9.27. The second-order valence-electron chi connectivity index (χ2n) is 3.08. The van der Waals surface area contributed by atoms with Crippen LogP contribution in [0.2, 0.25) is 0 Å². The molecule has 0 radical (unpaired) electrons. The smallest absolute Gasteiger partial charge is 0.195 e. The molecule has 1 aromatic heterocycles. The Morgan fingerprint density at radius 3 is 3.07 bits per heavy atom. The summed E-state index contributed by atoms with van der Waals surface area (Å²) in [6.45, 7) is 1.89. The number of Topliss-reactive ketones (excluding diaryl/α,β-unsaturated/α-hetero) is 1. The summed E-state index contributed by atoms with van der Waals surface area (Å²) in [6.07, 6.45) is 0.887. The van der Waals surface area contributed by atoms with Crippen LogP contribution in [0.5, 0.6) is 0 Å². The normalized spacial score (nSPS) is 18.4. The van der Waals surface area contributed by atoms with E-state index in [4.69, 9.17) is 5.11 Å². The van der Waals surface area contributed by atoms with Gasteiger partial charge in [0.25, 0.3) is 0 Å². The molecular formula is C10H9NO2S. The molecular weight excluding hydrogens is 198 g/mol. The van der Waals surface area contributed by atoms with Crippen LogP contribution >= 0.6 is 11.8 Å². The van der Waals surface area contributed by atoms with E-state index in [1.165, 1.54) is 11.8 Å². The summed E-state index contributed by atoms with van der Waals surface area (Å²) >= 11 is 1.48. The Bertz CT molecular complexity index is 426. The fraction of sp³-hybridized carbons (Fsp3) is 0.200. The largest absolute Gasteiger partial charge is 0.515 e. The molecule has 0 fully saturated rings. The molecule has 0 bridgehead atoms. The second kappa shape index (κ2) is 3.46. The van der Waals surface area contributed by atoms with E-state index in [0.29, 0.717) is 16.9 Å². The van der Waals surface area contributed by atoms with Crippen LogP contribution in [0.4, 0.5) is 0 Å². The number of rotatable bonds is 0. The quantitative estimate of drug-likeness (QED) is 0.523. The Morgan fingerprint density at radius 1 is 1.57 bits per heavy atom. The molecule has 0 amide bonds. The van der Waals surface area contributed by atoms with Crippen molar-refractivity contribution in [2.24, 2.45) is 0 Å². The van der Waals surface area contributed by atoms with Gasteiger partial charge in [0.15, 0.2) is 5.78 Å². The Balaban J connectivity index is 2.52. The van der Waals surface area contributed by atoms with Crippen molar-refractivity contribution in [1.29, 1.82) is 0 Å². The van der Waals surface area contributed by atoms with E-state index in [2.05, 4.69) is 4.98 Å². The number of aryl methyl sites for hydroxylation is 1. The van der Waals surface area contributed by atoms with Gasteiger partial charge >= 0.3 is 0 Å². The average molecular weight is 207 g/mol. The Morgan fingerprint density at radius 2 is 2.36 bits per heavy atom. The molecule has 72 valence electrons. The van der Waals surface area contributed by atoms with Gasteiger partial charge in [-0.05, 0) is 19.1 Å². The molecule has 0 atom stereocenters. The lowest BCUT2D eigenvalue weighted by atomic mass is 10.1. The van der Waals surface area contributed by atoms with Crippen LogP contribution in [0, 0.1) is 6.92 Å². The minimum absolute atomic E-state index is 0.117. The summed E-state index contributed by atoms with van der Waals surface area (Å²) in [5.41, 5.74) is 1.93. The molecule has 14 heavy (non-hydrogen) atoms. The minimum Gasteiger partial charge on any atom is -0.515 e. The number of thioether (sulfide) groups is 1. The molecule has 0 unspecified atom stereocenters. The number of aliphatic hydroxyl groups is 1. The Labute approximate surface area is 85.9 Å². The van der Waals surface area contributed by atoms with Crippen molar-refractivity contribution >= 4 is 17.5 Å². The maximum absolute atomic E-state index is 11.7. The lowest BCUT2D eigenvalue weighted by Crippen LogP contribution is -2.13. The number of hydrogen-bond donors (Lipinski definition) is 1. The van der Waals surface area contributed by atoms with Crippen molar-refractivity contribution in [2.45, 2.75) is 11.9 Å². The minimum atomic E-state index is -0.117. The lowest BCUT2D eigenvalue weighted by Gasteiger charge is -2.15. The monoisotopic (exact) mass is 207 g/mol. The predicted octanol–water partition coefficient (Wildman–Crippen LogP) is 2.12. The maximum atomic E-state index is 11.7. The van der Waals surface area contributed by atoms with E-state index in [-0.39, 0.29) is 5.78 Å². The van der Waals surface area contributed by atoms with Gasteiger partial charge in [-0.2, -0.15) is 0 Å². The summed E-state index contributed by atoms with van der Waals surface area (Å²) in [5, 5.41) is 9.59. The third-order valence-corrected chi connectivity index (χ3v) is 3.10. The van der Waals surface area contributed by atoms with Crippen LogP contribution in [0.1, 0.15) is 16.1 Å². The van der Waals surface area contributed by atoms with Crippen LogP contribution < -0.4 is 0 Å². The van der Waals surface area contributed by atoms with Crippen molar-refractivity contribution in [1.82, 2.24) is 4.98 Å². The number of ketones is 1. The number of aliphatic hydroxyl groups excluding tert-OH is 1. The van der Waals surface area contributed by atoms with E-state index < -0.39 is 0 Å². The van der Waals surface area contributed by atoms with E-state index in [0.717, 1.165) is 17.0 Å². The van der Waals surface area contributed by atoms with Gasteiger partial charge in [0.05, 0.1) is 11.8 Å². The summed E-state index contributed by atoms with van der Waals surface area (Å²) in [6, 6.07) is 3.56. The number of pyridine rings is 1. The first-order valence-corrected chi connectivity index (χ1v) is 5.19. The zero-order valence-corrected chi connectivity index (χ0v) is 8.47. The standard InChI is InChI=1S/C10H9NO2S/c1-6-2-3-8-9(13)7(4-12)5-14-10(8)11-6/h2-4,12H,5H2,1H3/b7-4-. The maximum Gasteiger partial charge on any atom is 0.195 e. The van der Waals surface area contributed by atoms with Crippen molar-refractivity contribution in [2.75, 3.05) is 5.75 Å². The second-order valence-corrected chi connectivity index (χ2v) is 4.04. The topological polar surface area (TPSA) is 50.2 Å². The van der Waals surface area contributed by atoms with Crippen LogP contribution in [-0.4, -0.2) is 21.6 Å². The summed E-state index contributed by atoms with van der Waals surface area (Å²) in [5.74, 6) is 0.382. The number of hydrogen-bond acceptors (Lipinski definition) is 4. The van der Waals surface area contributed by atoms with Crippen LogP contribution in [0.3, 0.4) is 0 Å². The number of aromatic nitrogens is 1. The third-order valence-electron chi connectivity index (χ3n) is 2.06. The molecule has 3 nitrogen and oxygen atoms in total. The highest BCUT2D eigenvalue weighted by Crippen LogP contribution is 2.30. The fourth-order valence-electron chi connectivity index (χ4n) is 1.30. The molecule has 1 N–H and O–H groups in total. The first-order chi connectivity index (χ1) is 6.72. The molecule has 2 rings (SSSR count). The van der Waals surface area contributed by atoms with Gasteiger partial charge in [-0.3, -0.25) is 4.79 Å². The SMILES string of the molecule is Cc1ccc2c(n1)SC/C(=C/O)C2=O. The average Bonchev–Trinajstić information content (AvgIpc) is 2.18. The third kappa shape index (κ3) is 1.42. The van der Waals surface area contributed by atoms with Gasteiger partial charge in [-0.15, -0.1) is 11.8 Å². The zero-order chi connectivity index (χ0) is 10.1. The van der Waals surface area contributed by atoms with Crippen molar-refractivity contribution < 1.29 is 9.90 Å². The van der Waals surface area contributed by atoms with Gasteiger partial charge in [-0.1, -0.05) is 0 Å².